The summed E-state index contributed by atoms with van der Waals surface area (Å²) in [6.45, 7) is 16.2. The maximum atomic E-state index is 3.70. The second-order valence-electron chi connectivity index (χ2n) is 12.5. The maximum absolute atomic E-state index is 3.70. The van der Waals surface area contributed by atoms with Crippen molar-refractivity contribution < 1.29 is 0 Å². The number of hydrogen-bond donors (Lipinski definition) is 9. The molecule has 0 aliphatic carbocycles. The highest BCUT2D eigenvalue weighted by atomic mass is 14.9. The molecule has 0 fully saturated rings. The molecule has 0 radical (unpaired) electrons. The summed E-state index contributed by atoms with van der Waals surface area (Å²) < 4.78 is 0. The zero-order chi connectivity index (χ0) is 32.3. The van der Waals surface area contributed by atoms with Crippen molar-refractivity contribution in [1.29, 1.82) is 0 Å². The lowest BCUT2D eigenvalue weighted by Crippen LogP contribution is -2.22. The van der Waals surface area contributed by atoms with Crippen LogP contribution in [0.3, 0.4) is 0 Å². The Morgan fingerprint density at radius 3 is 0.711 bits per heavy atom. The highest BCUT2D eigenvalue weighted by Gasteiger charge is 2.03. The standard InChI is InChI=1S/C36H75N9/c1-37-16-4-7-19-40-22-10-13-25-43-31-34-28-35(32-44-26-14-11-23-41-20-8-5-17-38-2)30-36(29-34)33-45-27-15-12-24-42-21-9-6-18-39-3/h28-30,37-45H,4-27,31-33H2,1-3H3. The molecule has 1 rings (SSSR count). The van der Waals surface area contributed by atoms with Crippen LogP contribution in [0.4, 0.5) is 0 Å². The molecule has 0 heterocycles. The lowest BCUT2D eigenvalue weighted by molar-refractivity contribution is 0.558. The average Bonchev–Trinajstić information content (AvgIpc) is 3.05. The fraction of sp³-hybridized carbons (Fsp3) is 0.833. The van der Waals surface area contributed by atoms with Gasteiger partial charge in [0, 0.05) is 19.6 Å². The molecule has 0 amide bonds. The first-order valence-electron chi connectivity index (χ1n) is 18.6. The molecular weight excluding hydrogens is 558 g/mol. The van der Waals surface area contributed by atoms with Gasteiger partial charge in [0.1, 0.15) is 0 Å². The Labute approximate surface area is 278 Å². The molecule has 0 saturated carbocycles. The van der Waals surface area contributed by atoms with Gasteiger partial charge in [-0.2, -0.15) is 0 Å². The number of hydrogen-bond acceptors (Lipinski definition) is 9. The van der Waals surface area contributed by atoms with E-state index < -0.39 is 0 Å². The van der Waals surface area contributed by atoms with Crippen molar-refractivity contribution in [2.45, 2.75) is 96.7 Å². The van der Waals surface area contributed by atoms with Crippen molar-refractivity contribution in [3.05, 3.63) is 34.9 Å². The monoisotopic (exact) mass is 634 g/mol. The van der Waals surface area contributed by atoms with Crippen LogP contribution in [0.1, 0.15) is 93.7 Å². The van der Waals surface area contributed by atoms with Crippen LogP contribution in [0.5, 0.6) is 0 Å². The van der Waals surface area contributed by atoms with Gasteiger partial charge in [0.25, 0.3) is 0 Å². The highest BCUT2D eigenvalue weighted by molar-refractivity contribution is 5.30. The minimum atomic E-state index is 0.943. The summed E-state index contributed by atoms with van der Waals surface area (Å²) >= 11 is 0. The van der Waals surface area contributed by atoms with Crippen molar-refractivity contribution in [2.75, 3.05) is 99.7 Å². The third kappa shape index (κ3) is 28.8. The van der Waals surface area contributed by atoms with E-state index in [9.17, 15) is 0 Å². The molecule has 9 nitrogen and oxygen atoms in total. The van der Waals surface area contributed by atoms with Crippen LogP contribution >= 0.6 is 0 Å². The fourth-order valence-corrected chi connectivity index (χ4v) is 5.37. The lowest BCUT2D eigenvalue weighted by Gasteiger charge is -2.13. The molecule has 0 atom stereocenters. The Morgan fingerprint density at radius 2 is 0.489 bits per heavy atom. The smallest absolute Gasteiger partial charge is 0.0205 e. The molecule has 0 unspecified atom stereocenters. The van der Waals surface area contributed by atoms with Crippen LogP contribution in [-0.2, 0) is 19.6 Å². The van der Waals surface area contributed by atoms with Gasteiger partial charge in [-0.05, 0) is 193 Å². The average molecular weight is 634 g/mol. The van der Waals surface area contributed by atoms with Gasteiger partial charge in [0.2, 0.25) is 0 Å². The van der Waals surface area contributed by atoms with Gasteiger partial charge in [0.05, 0.1) is 0 Å². The summed E-state index contributed by atoms with van der Waals surface area (Å²) in [5.74, 6) is 0. The van der Waals surface area contributed by atoms with Gasteiger partial charge < -0.3 is 47.9 Å². The van der Waals surface area contributed by atoms with Crippen molar-refractivity contribution in [1.82, 2.24) is 47.9 Å². The molecule has 0 saturated heterocycles. The second-order valence-corrected chi connectivity index (χ2v) is 12.5. The first-order valence-corrected chi connectivity index (χ1v) is 18.6. The van der Waals surface area contributed by atoms with E-state index in [1.54, 1.807) is 0 Å². The Hall–Kier alpha value is -1.14. The van der Waals surface area contributed by atoms with Crippen LogP contribution in [0.15, 0.2) is 18.2 Å². The Balaban J connectivity index is 2.33. The van der Waals surface area contributed by atoms with E-state index in [0.717, 1.165) is 98.2 Å². The largest absolute Gasteiger partial charge is 0.320 e. The van der Waals surface area contributed by atoms with E-state index in [0.29, 0.717) is 0 Å². The minimum Gasteiger partial charge on any atom is -0.320 e. The molecule has 45 heavy (non-hydrogen) atoms. The number of benzene rings is 1. The van der Waals surface area contributed by atoms with E-state index in [2.05, 4.69) is 66.1 Å². The molecule has 0 spiro atoms. The quantitative estimate of drug-likeness (QED) is 0.0516. The van der Waals surface area contributed by atoms with Crippen LogP contribution in [0.25, 0.3) is 0 Å². The molecule has 0 aliphatic rings. The number of unbranched alkanes of at least 4 members (excludes halogenated alkanes) is 6. The predicted octanol–water partition coefficient (Wildman–Crippen LogP) is 3.06. The maximum Gasteiger partial charge on any atom is 0.0205 e. The summed E-state index contributed by atoms with van der Waals surface area (Å²) in [7, 11) is 6.08. The van der Waals surface area contributed by atoms with Crippen LogP contribution in [-0.4, -0.2) is 99.7 Å². The first-order chi connectivity index (χ1) is 22.3. The lowest BCUT2D eigenvalue weighted by atomic mass is 10.0. The van der Waals surface area contributed by atoms with Gasteiger partial charge in [-0.25, -0.2) is 0 Å². The SMILES string of the molecule is CNCCCCNCCCCNCc1cc(CNCCCCNCCCCNC)cc(CNCCCCNCCCCNC)c1. The third-order valence-electron chi connectivity index (χ3n) is 8.06. The molecule has 0 aromatic heterocycles. The van der Waals surface area contributed by atoms with Gasteiger partial charge in [-0.3, -0.25) is 0 Å². The van der Waals surface area contributed by atoms with Crippen molar-refractivity contribution in [3.63, 3.8) is 0 Å². The van der Waals surface area contributed by atoms with Gasteiger partial charge in [-0.15, -0.1) is 0 Å². The van der Waals surface area contributed by atoms with E-state index in [1.807, 2.05) is 21.1 Å². The summed E-state index contributed by atoms with van der Waals surface area (Å²) in [6.07, 6.45) is 14.9. The van der Waals surface area contributed by atoms with Crippen LogP contribution in [0, 0.1) is 0 Å². The zero-order valence-corrected chi connectivity index (χ0v) is 29.8. The van der Waals surface area contributed by atoms with Crippen LogP contribution in [0.2, 0.25) is 0 Å². The molecule has 1 aromatic rings. The normalized spacial score (nSPS) is 11.5. The predicted molar refractivity (Wildman–Crippen MR) is 197 cm³/mol. The Morgan fingerprint density at radius 1 is 0.289 bits per heavy atom. The van der Waals surface area contributed by atoms with E-state index in [1.165, 1.54) is 93.7 Å². The van der Waals surface area contributed by atoms with Gasteiger partial charge >= 0.3 is 0 Å². The second kappa shape index (κ2) is 34.2. The molecule has 0 bridgehead atoms. The number of rotatable bonds is 36. The van der Waals surface area contributed by atoms with E-state index in [-0.39, 0.29) is 0 Å². The van der Waals surface area contributed by atoms with Crippen molar-refractivity contribution in [2.24, 2.45) is 0 Å². The van der Waals surface area contributed by atoms with Crippen molar-refractivity contribution >= 4 is 0 Å². The third-order valence-corrected chi connectivity index (χ3v) is 8.06. The Kier molecular flexibility index (Phi) is 31.8. The van der Waals surface area contributed by atoms with Crippen LogP contribution < -0.4 is 47.9 Å². The molecule has 9 N–H and O–H groups in total. The summed E-state index contributed by atoms with van der Waals surface area (Å²) in [6, 6.07) is 7.18. The van der Waals surface area contributed by atoms with Gasteiger partial charge in [-0.1, -0.05) is 18.2 Å². The summed E-state index contributed by atoms with van der Waals surface area (Å²) in [5, 5.41) is 31.5. The fourth-order valence-electron chi connectivity index (χ4n) is 5.37. The first kappa shape index (κ1) is 41.9. The number of nitrogens with one attached hydrogen (secondary N) is 9. The highest BCUT2D eigenvalue weighted by Crippen LogP contribution is 2.11. The Bertz CT molecular complexity index is 627. The summed E-state index contributed by atoms with van der Waals surface area (Å²) in [4.78, 5) is 0. The molecular formula is C36H75N9. The summed E-state index contributed by atoms with van der Waals surface area (Å²) in [5.41, 5.74) is 4.20. The molecule has 264 valence electrons. The molecule has 9 heteroatoms. The topological polar surface area (TPSA) is 108 Å². The molecule has 0 aliphatic heterocycles. The van der Waals surface area contributed by atoms with E-state index in [4.69, 9.17) is 0 Å². The van der Waals surface area contributed by atoms with Gasteiger partial charge in [0.15, 0.2) is 0 Å². The van der Waals surface area contributed by atoms with Crippen molar-refractivity contribution in [3.8, 4) is 0 Å². The molecule has 1 aromatic carbocycles. The van der Waals surface area contributed by atoms with E-state index >= 15 is 0 Å². The minimum absolute atomic E-state index is 0.943. The zero-order valence-electron chi connectivity index (χ0n) is 29.8.